The number of hydrogen-bond donors (Lipinski definition) is 0. The monoisotopic (exact) mass is 278 g/mol. The van der Waals surface area contributed by atoms with Crippen molar-refractivity contribution < 1.29 is 14.3 Å². The lowest BCUT2D eigenvalue weighted by Gasteiger charge is -2.32. The number of allylic oxidation sites excluding steroid dienone is 1. The van der Waals surface area contributed by atoms with E-state index in [4.69, 9.17) is 4.74 Å². The van der Waals surface area contributed by atoms with Crippen LogP contribution in [0.15, 0.2) is 11.6 Å². The van der Waals surface area contributed by atoms with Crippen LogP contribution in [0, 0.1) is 17.3 Å². The van der Waals surface area contributed by atoms with Crippen LogP contribution in [0.25, 0.3) is 0 Å². The molecule has 3 heteroatoms. The Morgan fingerprint density at radius 2 is 2.15 bits per heavy atom. The van der Waals surface area contributed by atoms with Crippen molar-refractivity contribution in [2.24, 2.45) is 17.3 Å². The first-order valence-corrected chi connectivity index (χ1v) is 7.93. The normalized spacial score (nSPS) is 32.8. The van der Waals surface area contributed by atoms with Crippen LogP contribution >= 0.6 is 0 Å². The molecule has 2 fully saturated rings. The van der Waals surface area contributed by atoms with Crippen molar-refractivity contribution in [3.63, 3.8) is 0 Å². The summed E-state index contributed by atoms with van der Waals surface area (Å²) in [4.78, 5) is 24.1. The Hall–Kier alpha value is -1.12. The molecular weight excluding hydrogens is 252 g/mol. The smallest absolute Gasteiger partial charge is 0.333 e. The van der Waals surface area contributed by atoms with Gasteiger partial charge in [-0.15, -0.1) is 0 Å². The second kappa shape index (κ2) is 6.11. The molecule has 2 aliphatic carbocycles. The highest BCUT2D eigenvalue weighted by Crippen LogP contribution is 2.55. The van der Waals surface area contributed by atoms with Crippen molar-refractivity contribution in [3.8, 4) is 0 Å². The van der Waals surface area contributed by atoms with Crippen LogP contribution in [0.1, 0.15) is 59.3 Å². The molecule has 112 valence electrons. The van der Waals surface area contributed by atoms with E-state index in [1.54, 1.807) is 0 Å². The minimum atomic E-state index is -0.209. The molecule has 2 saturated carbocycles. The summed E-state index contributed by atoms with van der Waals surface area (Å²) in [5, 5.41) is 0. The van der Waals surface area contributed by atoms with Gasteiger partial charge in [-0.1, -0.05) is 19.9 Å². The summed E-state index contributed by atoms with van der Waals surface area (Å²) in [6.45, 7) is 6.33. The summed E-state index contributed by atoms with van der Waals surface area (Å²) >= 11 is 0. The lowest BCUT2D eigenvalue weighted by Crippen LogP contribution is -2.33. The molecule has 0 unspecified atom stereocenters. The Labute approximate surface area is 121 Å². The van der Waals surface area contributed by atoms with E-state index in [2.05, 4.69) is 6.92 Å². The van der Waals surface area contributed by atoms with E-state index in [9.17, 15) is 9.59 Å². The van der Waals surface area contributed by atoms with Gasteiger partial charge in [0.15, 0.2) is 0 Å². The zero-order chi connectivity index (χ0) is 14.8. The predicted octanol–water partition coefficient (Wildman–Crippen LogP) is 3.67. The number of carbonyl (C=O) groups excluding carboxylic acids is 2. The molecule has 0 amide bonds. The third-order valence-corrected chi connectivity index (χ3v) is 5.24. The second-order valence-electron chi connectivity index (χ2n) is 6.33. The molecule has 2 bridgehead atoms. The Morgan fingerprint density at radius 1 is 1.40 bits per heavy atom. The van der Waals surface area contributed by atoms with E-state index in [-0.39, 0.29) is 11.4 Å². The zero-order valence-corrected chi connectivity index (χ0v) is 12.9. The van der Waals surface area contributed by atoms with Gasteiger partial charge < -0.3 is 4.74 Å². The highest BCUT2D eigenvalue weighted by molar-refractivity contribution is 5.90. The topological polar surface area (TPSA) is 43.4 Å². The number of carbonyl (C=O) groups is 2. The summed E-state index contributed by atoms with van der Waals surface area (Å²) in [5.41, 5.74) is 0.596. The number of esters is 1. The molecule has 3 nitrogen and oxygen atoms in total. The van der Waals surface area contributed by atoms with Crippen LogP contribution in [0.4, 0.5) is 0 Å². The van der Waals surface area contributed by atoms with Crippen molar-refractivity contribution in [2.45, 2.75) is 59.3 Å². The van der Waals surface area contributed by atoms with Crippen LogP contribution in [0.3, 0.4) is 0 Å². The summed E-state index contributed by atoms with van der Waals surface area (Å²) in [6.07, 6.45) is 7.73. The number of ketones is 1. The van der Waals surface area contributed by atoms with E-state index in [1.807, 2.05) is 19.9 Å². The van der Waals surface area contributed by atoms with Crippen molar-refractivity contribution in [1.29, 1.82) is 0 Å². The molecule has 0 N–H and O–H groups in total. The van der Waals surface area contributed by atoms with Gasteiger partial charge in [-0.05, 0) is 51.4 Å². The average Bonchev–Trinajstić information content (AvgIpc) is 2.99. The van der Waals surface area contributed by atoms with Crippen molar-refractivity contribution in [3.05, 3.63) is 11.6 Å². The average molecular weight is 278 g/mol. The van der Waals surface area contributed by atoms with Gasteiger partial charge in [0, 0.05) is 16.9 Å². The van der Waals surface area contributed by atoms with Crippen LogP contribution in [0.5, 0.6) is 0 Å². The lowest BCUT2D eigenvalue weighted by molar-refractivity contribution is -0.138. The lowest BCUT2D eigenvalue weighted by atomic mass is 9.71. The molecule has 3 atom stereocenters. The van der Waals surface area contributed by atoms with Gasteiger partial charge in [0.25, 0.3) is 0 Å². The summed E-state index contributed by atoms with van der Waals surface area (Å²) in [7, 11) is 0. The quantitative estimate of drug-likeness (QED) is 0.550. The van der Waals surface area contributed by atoms with Gasteiger partial charge in [-0.2, -0.15) is 0 Å². The first-order valence-electron chi connectivity index (χ1n) is 7.93. The fourth-order valence-corrected chi connectivity index (χ4v) is 3.94. The molecule has 2 aliphatic rings. The molecule has 0 saturated heterocycles. The third kappa shape index (κ3) is 2.68. The summed E-state index contributed by atoms with van der Waals surface area (Å²) in [6, 6.07) is 0. The third-order valence-electron chi connectivity index (χ3n) is 5.24. The first kappa shape index (κ1) is 15.3. The van der Waals surface area contributed by atoms with E-state index in [0.717, 1.165) is 31.3 Å². The Bertz CT molecular complexity index is 424. The van der Waals surface area contributed by atoms with E-state index in [1.165, 1.54) is 6.42 Å². The molecule has 2 rings (SSSR count). The van der Waals surface area contributed by atoms with E-state index < -0.39 is 0 Å². The number of ether oxygens (including phenoxy) is 1. The molecule has 0 aromatic rings. The number of hydrogen-bond acceptors (Lipinski definition) is 3. The number of Topliss-reactive ketones (excluding diaryl/α,β-unsaturated/α-hetero) is 1. The Balaban J connectivity index is 1.94. The molecule has 0 aliphatic heterocycles. The predicted molar refractivity (Wildman–Crippen MR) is 78.2 cm³/mol. The van der Waals surface area contributed by atoms with Crippen LogP contribution in [-0.4, -0.2) is 18.4 Å². The molecule has 0 heterocycles. The summed E-state index contributed by atoms with van der Waals surface area (Å²) < 4.78 is 5.04. The maximum absolute atomic E-state index is 12.4. The van der Waals surface area contributed by atoms with Gasteiger partial charge in [0.05, 0.1) is 6.61 Å². The fourth-order valence-electron chi connectivity index (χ4n) is 3.94. The molecule has 0 spiro atoms. The van der Waals surface area contributed by atoms with E-state index >= 15 is 0 Å². The van der Waals surface area contributed by atoms with Gasteiger partial charge in [-0.3, -0.25) is 4.79 Å². The van der Waals surface area contributed by atoms with Crippen molar-refractivity contribution >= 4 is 11.8 Å². The Kier molecular flexibility index (Phi) is 4.66. The fraction of sp³-hybridized carbons (Fsp3) is 0.765. The van der Waals surface area contributed by atoms with Crippen molar-refractivity contribution in [2.75, 3.05) is 6.61 Å². The SMILES string of the molecule is CCOC(=O)/C(=C\CC[C@@]1(C)C(=O)[C@@H]2CC[C@H]1C2)CC. The molecule has 0 aromatic heterocycles. The molecule has 0 radical (unpaired) electrons. The van der Waals surface area contributed by atoms with Crippen LogP contribution in [-0.2, 0) is 14.3 Å². The van der Waals surface area contributed by atoms with Gasteiger partial charge in [-0.25, -0.2) is 4.79 Å². The zero-order valence-electron chi connectivity index (χ0n) is 12.9. The molecule has 20 heavy (non-hydrogen) atoms. The minimum Gasteiger partial charge on any atom is -0.463 e. The molecule has 0 aromatic carbocycles. The standard InChI is InChI=1S/C17H26O3/c1-4-12(16(19)20-5-2)7-6-10-17(3)14-9-8-13(11-14)15(17)18/h7,13-14H,4-6,8-11H2,1-3H3/b12-7-/t13-,14+,17-/m1/s1. The van der Waals surface area contributed by atoms with E-state index in [0.29, 0.717) is 30.6 Å². The maximum Gasteiger partial charge on any atom is 0.333 e. The van der Waals surface area contributed by atoms with Gasteiger partial charge >= 0.3 is 5.97 Å². The maximum atomic E-state index is 12.4. The highest BCUT2D eigenvalue weighted by atomic mass is 16.5. The minimum absolute atomic E-state index is 0.146. The number of fused-ring (bicyclic) bond motifs is 2. The first-order chi connectivity index (χ1) is 9.52. The van der Waals surface area contributed by atoms with Crippen LogP contribution < -0.4 is 0 Å². The van der Waals surface area contributed by atoms with Gasteiger partial charge in [0.2, 0.25) is 0 Å². The molecular formula is C17H26O3. The Morgan fingerprint density at radius 3 is 2.70 bits per heavy atom. The number of rotatable bonds is 6. The van der Waals surface area contributed by atoms with Gasteiger partial charge in [0.1, 0.15) is 5.78 Å². The second-order valence-corrected chi connectivity index (χ2v) is 6.33. The largest absolute Gasteiger partial charge is 0.463 e. The highest BCUT2D eigenvalue weighted by Gasteiger charge is 2.54. The summed E-state index contributed by atoms with van der Waals surface area (Å²) in [5.74, 6) is 1.15. The van der Waals surface area contributed by atoms with Crippen LogP contribution in [0.2, 0.25) is 0 Å². The van der Waals surface area contributed by atoms with Crippen molar-refractivity contribution in [1.82, 2.24) is 0 Å².